The maximum atomic E-state index is 4.55. The number of aromatic nitrogens is 2. The molecule has 2 aromatic heterocycles. The molecule has 0 spiro atoms. The van der Waals surface area contributed by atoms with E-state index in [9.17, 15) is 0 Å². The van der Waals surface area contributed by atoms with Crippen molar-refractivity contribution in [2.24, 2.45) is 5.92 Å². The number of nitrogens with zero attached hydrogens (tertiary/aromatic N) is 2. The van der Waals surface area contributed by atoms with Crippen LogP contribution >= 0.6 is 11.3 Å². The monoisotopic (exact) mass is 262 g/mol. The molecule has 0 aromatic carbocycles. The Morgan fingerprint density at radius 2 is 2.22 bits per heavy atom. The summed E-state index contributed by atoms with van der Waals surface area (Å²) in [6.45, 7) is 3.92. The van der Waals surface area contributed by atoms with Gasteiger partial charge in [0, 0.05) is 13.1 Å². The first kappa shape index (κ1) is 11.7. The molecule has 5 heteroatoms. The van der Waals surface area contributed by atoms with Gasteiger partial charge in [0.2, 0.25) is 5.95 Å². The first-order valence-corrected chi connectivity index (χ1v) is 7.47. The summed E-state index contributed by atoms with van der Waals surface area (Å²) in [6, 6.07) is 2.09. The van der Waals surface area contributed by atoms with Gasteiger partial charge < -0.3 is 10.6 Å². The van der Waals surface area contributed by atoms with Crippen LogP contribution in [0.15, 0.2) is 11.4 Å². The van der Waals surface area contributed by atoms with E-state index in [0.717, 1.165) is 41.0 Å². The van der Waals surface area contributed by atoms with Crippen LogP contribution in [0.5, 0.6) is 0 Å². The molecule has 3 rings (SSSR count). The second-order valence-electron chi connectivity index (χ2n) is 4.72. The Kier molecular flexibility index (Phi) is 3.32. The molecule has 2 heterocycles. The van der Waals surface area contributed by atoms with Gasteiger partial charge in [0.15, 0.2) is 0 Å². The van der Waals surface area contributed by atoms with E-state index in [1.54, 1.807) is 11.3 Å². The lowest BCUT2D eigenvalue weighted by atomic mass is 10.3. The molecule has 0 amide bonds. The first-order chi connectivity index (χ1) is 8.86. The van der Waals surface area contributed by atoms with Crippen molar-refractivity contribution >= 4 is 33.3 Å². The number of hydrogen-bond acceptors (Lipinski definition) is 5. The Hall–Kier alpha value is -1.36. The van der Waals surface area contributed by atoms with E-state index in [4.69, 9.17) is 0 Å². The van der Waals surface area contributed by atoms with E-state index in [2.05, 4.69) is 39.0 Å². The normalized spacial score (nSPS) is 14.9. The van der Waals surface area contributed by atoms with Gasteiger partial charge in [-0.3, -0.25) is 0 Å². The minimum absolute atomic E-state index is 0.723. The highest BCUT2D eigenvalue weighted by Crippen LogP contribution is 2.32. The van der Waals surface area contributed by atoms with Crippen molar-refractivity contribution in [3.05, 3.63) is 11.4 Å². The lowest BCUT2D eigenvalue weighted by Crippen LogP contribution is -2.08. The third kappa shape index (κ3) is 2.56. The molecule has 0 atom stereocenters. The fourth-order valence-corrected chi connectivity index (χ4v) is 2.79. The molecule has 0 unspecified atom stereocenters. The molecular weight excluding hydrogens is 244 g/mol. The van der Waals surface area contributed by atoms with Crippen LogP contribution in [-0.2, 0) is 0 Å². The van der Waals surface area contributed by atoms with Crippen molar-refractivity contribution in [3.8, 4) is 0 Å². The summed E-state index contributed by atoms with van der Waals surface area (Å²) >= 11 is 1.66. The minimum atomic E-state index is 0.723. The van der Waals surface area contributed by atoms with Gasteiger partial charge in [0.05, 0.1) is 5.39 Å². The Labute approximate surface area is 111 Å². The molecule has 1 fully saturated rings. The zero-order chi connectivity index (χ0) is 12.4. The number of anilines is 2. The van der Waals surface area contributed by atoms with Crippen molar-refractivity contribution < 1.29 is 0 Å². The molecule has 0 radical (unpaired) electrons. The van der Waals surface area contributed by atoms with Crippen LogP contribution in [0.2, 0.25) is 0 Å². The van der Waals surface area contributed by atoms with Gasteiger partial charge in [-0.25, -0.2) is 4.98 Å². The third-order valence-corrected chi connectivity index (χ3v) is 4.01. The fourth-order valence-electron chi connectivity index (χ4n) is 2.03. The molecule has 18 heavy (non-hydrogen) atoms. The van der Waals surface area contributed by atoms with Crippen LogP contribution in [0.4, 0.5) is 11.8 Å². The van der Waals surface area contributed by atoms with E-state index in [0.29, 0.717) is 0 Å². The number of rotatable bonds is 6. The molecule has 2 N–H and O–H groups in total. The Bertz CT molecular complexity index is 533. The van der Waals surface area contributed by atoms with Gasteiger partial charge in [-0.2, -0.15) is 4.98 Å². The topological polar surface area (TPSA) is 49.8 Å². The zero-order valence-corrected chi connectivity index (χ0v) is 11.4. The van der Waals surface area contributed by atoms with Gasteiger partial charge in [0.25, 0.3) is 0 Å². The van der Waals surface area contributed by atoms with Crippen molar-refractivity contribution in [1.29, 1.82) is 0 Å². The average Bonchev–Trinajstić information content (AvgIpc) is 3.05. The molecule has 0 bridgehead atoms. The lowest BCUT2D eigenvalue weighted by Gasteiger charge is -2.08. The molecular formula is C13H18N4S. The number of nitrogens with one attached hydrogen (secondary N) is 2. The van der Waals surface area contributed by atoms with Crippen LogP contribution in [0.1, 0.15) is 26.2 Å². The summed E-state index contributed by atoms with van der Waals surface area (Å²) in [5.74, 6) is 2.64. The van der Waals surface area contributed by atoms with Crippen molar-refractivity contribution in [1.82, 2.24) is 9.97 Å². The number of fused-ring (bicyclic) bond motifs is 1. The molecule has 96 valence electrons. The zero-order valence-electron chi connectivity index (χ0n) is 10.6. The van der Waals surface area contributed by atoms with Crippen LogP contribution in [-0.4, -0.2) is 23.1 Å². The van der Waals surface area contributed by atoms with Crippen LogP contribution in [0.3, 0.4) is 0 Å². The quantitative estimate of drug-likeness (QED) is 0.838. The summed E-state index contributed by atoms with van der Waals surface area (Å²) in [5.41, 5.74) is 0. The first-order valence-electron chi connectivity index (χ1n) is 6.60. The Balaban J connectivity index is 1.79. The van der Waals surface area contributed by atoms with Gasteiger partial charge in [-0.15, -0.1) is 11.3 Å². The van der Waals surface area contributed by atoms with Gasteiger partial charge >= 0.3 is 0 Å². The summed E-state index contributed by atoms with van der Waals surface area (Å²) in [4.78, 5) is 10.1. The summed E-state index contributed by atoms with van der Waals surface area (Å²) < 4.78 is 0. The van der Waals surface area contributed by atoms with Crippen LogP contribution < -0.4 is 10.6 Å². The lowest BCUT2D eigenvalue weighted by molar-refractivity contribution is 0.759. The Morgan fingerprint density at radius 3 is 3.00 bits per heavy atom. The van der Waals surface area contributed by atoms with Gasteiger partial charge in [-0.1, -0.05) is 12.8 Å². The average molecular weight is 262 g/mol. The third-order valence-electron chi connectivity index (χ3n) is 3.20. The molecule has 1 saturated carbocycles. The van der Waals surface area contributed by atoms with Crippen molar-refractivity contribution in [2.45, 2.75) is 26.2 Å². The SMILES string of the molecule is CCNc1nc(NCCC2CC2)c2ccsc2n1. The predicted octanol–water partition coefficient (Wildman–Crippen LogP) is 3.34. The van der Waals surface area contributed by atoms with E-state index in [-0.39, 0.29) is 0 Å². The van der Waals surface area contributed by atoms with Crippen LogP contribution in [0, 0.1) is 5.92 Å². The van der Waals surface area contributed by atoms with E-state index in [1.807, 2.05) is 0 Å². The van der Waals surface area contributed by atoms with Crippen molar-refractivity contribution in [2.75, 3.05) is 23.7 Å². The second-order valence-corrected chi connectivity index (χ2v) is 5.62. The Morgan fingerprint density at radius 1 is 1.33 bits per heavy atom. The van der Waals surface area contributed by atoms with Gasteiger partial charge in [0.1, 0.15) is 10.6 Å². The molecule has 1 aliphatic rings. The fraction of sp³-hybridized carbons (Fsp3) is 0.538. The summed E-state index contributed by atoms with van der Waals surface area (Å²) in [7, 11) is 0. The highest BCUT2D eigenvalue weighted by molar-refractivity contribution is 7.16. The maximum absolute atomic E-state index is 4.55. The highest BCUT2D eigenvalue weighted by Gasteiger charge is 2.20. The van der Waals surface area contributed by atoms with Crippen molar-refractivity contribution in [3.63, 3.8) is 0 Å². The summed E-state index contributed by atoms with van der Waals surface area (Å²) in [6.07, 6.45) is 4.07. The highest BCUT2D eigenvalue weighted by atomic mass is 32.1. The van der Waals surface area contributed by atoms with E-state index >= 15 is 0 Å². The molecule has 0 aliphatic heterocycles. The molecule has 4 nitrogen and oxygen atoms in total. The predicted molar refractivity (Wildman–Crippen MR) is 77.4 cm³/mol. The molecule has 1 aliphatic carbocycles. The van der Waals surface area contributed by atoms with Crippen LogP contribution in [0.25, 0.3) is 10.2 Å². The molecule has 0 saturated heterocycles. The largest absolute Gasteiger partial charge is 0.369 e. The second kappa shape index (κ2) is 5.10. The summed E-state index contributed by atoms with van der Waals surface area (Å²) in [5, 5.41) is 9.85. The van der Waals surface area contributed by atoms with E-state index in [1.165, 1.54) is 19.3 Å². The number of thiophene rings is 1. The standard InChI is InChI=1S/C13H18N4S/c1-2-14-13-16-11(15-7-5-9-3-4-9)10-6-8-18-12(10)17-13/h6,8-9H,2-5,7H2,1H3,(H2,14,15,16,17). The smallest absolute Gasteiger partial charge is 0.226 e. The maximum Gasteiger partial charge on any atom is 0.226 e. The molecule has 2 aromatic rings. The minimum Gasteiger partial charge on any atom is -0.369 e. The number of hydrogen-bond donors (Lipinski definition) is 2. The van der Waals surface area contributed by atoms with E-state index < -0.39 is 0 Å². The van der Waals surface area contributed by atoms with Gasteiger partial charge in [-0.05, 0) is 30.7 Å².